The minimum Gasteiger partial charge on any atom is -0.322 e. The maximum Gasteiger partial charge on any atom is 0.279 e. The van der Waals surface area contributed by atoms with Crippen molar-refractivity contribution in [2.24, 2.45) is 0 Å². The van der Waals surface area contributed by atoms with Gasteiger partial charge in [-0.05, 0) is 31.2 Å². The monoisotopic (exact) mass is 394 g/mol. The zero-order valence-corrected chi connectivity index (χ0v) is 16.2. The molecule has 1 unspecified atom stereocenters. The van der Waals surface area contributed by atoms with Crippen molar-refractivity contribution < 1.29 is 9.69 Å². The summed E-state index contributed by atoms with van der Waals surface area (Å²) < 4.78 is 1.16. The molecule has 2 atom stereocenters. The number of hydrogen-bond acceptors (Lipinski definition) is 3. The van der Waals surface area contributed by atoms with Gasteiger partial charge < -0.3 is 10.2 Å². The van der Waals surface area contributed by atoms with Gasteiger partial charge in [-0.3, -0.25) is 4.79 Å². The number of anilines is 1. The molecule has 4 nitrogen and oxygen atoms in total. The van der Waals surface area contributed by atoms with Gasteiger partial charge in [0.15, 0.2) is 11.6 Å². The van der Waals surface area contributed by atoms with Crippen molar-refractivity contribution in [2.45, 2.75) is 13.0 Å². The second-order valence-corrected chi connectivity index (χ2v) is 7.79. The third kappa shape index (κ3) is 4.12. The van der Waals surface area contributed by atoms with Gasteiger partial charge in [0.05, 0.1) is 33.0 Å². The summed E-state index contributed by atoms with van der Waals surface area (Å²) in [6, 6.07) is 13.3. The Morgan fingerprint density at radius 1 is 1.20 bits per heavy atom. The molecule has 0 saturated carbocycles. The van der Waals surface area contributed by atoms with Crippen LogP contribution in [0.15, 0.2) is 42.5 Å². The summed E-state index contributed by atoms with van der Waals surface area (Å²) in [4.78, 5) is 18.1. The zero-order valence-electron chi connectivity index (χ0n) is 13.8. The number of rotatable bonds is 5. The minimum atomic E-state index is -0.138. The molecule has 7 heteroatoms. The Morgan fingerprint density at radius 2 is 1.88 bits per heavy atom. The molecule has 130 valence electrons. The lowest BCUT2D eigenvalue weighted by Crippen LogP contribution is -3.10. The average molecular weight is 395 g/mol. The van der Waals surface area contributed by atoms with Crippen molar-refractivity contribution in [2.75, 3.05) is 18.9 Å². The SMILES string of the molecule is C[C@@H](c1nc2ccccc2s1)[NH+](C)CC(=O)Nc1c(Cl)cccc1Cl. The molecule has 2 N–H and O–H groups in total. The first-order valence-corrected chi connectivity index (χ1v) is 9.44. The predicted molar refractivity (Wildman–Crippen MR) is 105 cm³/mol. The van der Waals surface area contributed by atoms with Crippen molar-refractivity contribution in [3.05, 3.63) is 57.5 Å². The number of nitrogens with one attached hydrogen (secondary N) is 2. The number of fused-ring (bicyclic) bond motifs is 1. The van der Waals surface area contributed by atoms with E-state index in [0.717, 1.165) is 20.1 Å². The average Bonchev–Trinajstić information content (AvgIpc) is 3.01. The van der Waals surface area contributed by atoms with Gasteiger partial charge in [0.1, 0.15) is 6.04 Å². The highest BCUT2D eigenvalue weighted by atomic mass is 35.5. The smallest absolute Gasteiger partial charge is 0.279 e. The molecule has 0 aliphatic heterocycles. The number of amides is 1. The molecule has 0 spiro atoms. The van der Waals surface area contributed by atoms with E-state index in [0.29, 0.717) is 22.3 Å². The van der Waals surface area contributed by atoms with Gasteiger partial charge in [0, 0.05) is 0 Å². The summed E-state index contributed by atoms with van der Waals surface area (Å²) in [5.74, 6) is -0.138. The minimum absolute atomic E-state index is 0.102. The van der Waals surface area contributed by atoms with Crippen LogP contribution in [0.3, 0.4) is 0 Å². The first-order chi connectivity index (χ1) is 12.0. The van der Waals surface area contributed by atoms with E-state index in [1.807, 2.05) is 25.2 Å². The van der Waals surface area contributed by atoms with E-state index in [4.69, 9.17) is 23.2 Å². The van der Waals surface area contributed by atoms with Gasteiger partial charge in [-0.15, -0.1) is 11.3 Å². The molecule has 0 aliphatic carbocycles. The molecular formula is C18H18Cl2N3OS+. The molecular weight excluding hydrogens is 377 g/mol. The number of thiazole rings is 1. The highest BCUT2D eigenvalue weighted by Crippen LogP contribution is 2.29. The maximum absolute atomic E-state index is 12.4. The van der Waals surface area contributed by atoms with Crippen LogP contribution in [0.25, 0.3) is 10.2 Å². The Labute approximate surface area is 160 Å². The predicted octanol–water partition coefficient (Wildman–Crippen LogP) is 3.82. The summed E-state index contributed by atoms with van der Waals surface area (Å²) in [5, 5.41) is 4.67. The van der Waals surface area contributed by atoms with Gasteiger partial charge >= 0.3 is 0 Å². The quantitative estimate of drug-likeness (QED) is 0.690. The summed E-state index contributed by atoms with van der Waals surface area (Å²) in [7, 11) is 1.98. The lowest BCUT2D eigenvalue weighted by molar-refractivity contribution is -0.902. The maximum atomic E-state index is 12.4. The van der Waals surface area contributed by atoms with Gasteiger partial charge in [-0.2, -0.15) is 0 Å². The van der Waals surface area contributed by atoms with Gasteiger partial charge in [-0.1, -0.05) is 41.4 Å². The third-order valence-electron chi connectivity index (χ3n) is 4.09. The van der Waals surface area contributed by atoms with Crippen molar-refractivity contribution in [3.63, 3.8) is 0 Å². The molecule has 3 rings (SSSR count). The zero-order chi connectivity index (χ0) is 18.0. The summed E-state index contributed by atoms with van der Waals surface area (Å²) >= 11 is 13.9. The molecule has 0 saturated heterocycles. The summed E-state index contributed by atoms with van der Waals surface area (Å²) in [5.41, 5.74) is 1.45. The number of nitrogens with zero attached hydrogens (tertiary/aromatic N) is 1. The first-order valence-electron chi connectivity index (χ1n) is 7.87. The van der Waals surface area contributed by atoms with E-state index in [-0.39, 0.29) is 11.9 Å². The highest BCUT2D eigenvalue weighted by Gasteiger charge is 2.22. The molecule has 3 aromatic rings. The van der Waals surface area contributed by atoms with Crippen molar-refractivity contribution in [1.29, 1.82) is 0 Å². The number of para-hydroxylation sites is 2. The van der Waals surface area contributed by atoms with Crippen molar-refractivity contribution in [3.8, 4) is 0 Å². The number of aromatic nitrogens is 1. The van der Waals surface area contributed by atoms with Crippen LogP contribution in [-0.2, 0) is 4.79 Å². The van der Waals surface area contributed by atoms with E-state index in [1.54, 1.807) is 29.5 Å². The fourth-order valence-electron chi connectivity index (χ4n) is 2.49. The Kier molecular flexibility index (Phi) is 5.59. The largest absolute Gasteiger partial charge is 0.322 e. The van der Waals surface area contributed by atoms with Crippen LogP contribution in [0.5, 0.6) is 0 Å². The van der Waals surface area contributed by atoms with E-state index in [1.165, 1.54) is 0 Å². The molecule has 0 bridgehead atoms. The Balaban J connectivity index is 1.68. The summed E-state index contributed by atoms with van der Waals surface area (Å²) in [6.07, 6.45) is 0. The van der Waals surface area contributed by atoms with Crippen LogP contribution >= 0.6 is 34.5 Å². The Hall–Kier alpha value is -1.66. The van der Waals surface area contributed by atoms with E-state index >= 15 is 0 Å². The molecule has 25 heavy (non-hydrogen) atoms. The molecule has 0 fully saturated rings. The normalized spacial score (nSPS) is 13.6. The molecule has 0 radical (unpaired) electrons. The van der Waals surface area contributed by atoms with E-state index in [9.17, 15) is 4.79 Å². The number of carbonyl (C=O) groups is 1. The Morgan fingerprint density at radius 3 is 2.56 bits per heavy atom. The first kappa shape index (κ1) is 18.1. The number of likely N-dealkylation sites (N-methyl/N-ethyl adjacent to an activating group) is 1. The molecule has 2 aromatic carbocycles. The second-order valence-electron chi connectivity index (χ2n) is 5.91. The van der Waals surface area contributed by atoms with Crippen LogP contribution in [-0.4, -0.2) is 24.5 Å². The number of carbonyl (C=O) groups excluding carboxylic acids is 1. The van der Waals surface area contributed by atoms with Crippen LogP contribution in [0, 0.1) is 0 Å². The molecule has 1 heterocycles. The third-order valence-corrected chi connectivity index (χ3v) is 5.94. The second kappa shape index (κ2) is 7.70. The fraction of sp³-hybridized carbons (Fsp3) is 0.222. The van der Waals surface area contributed by atoms with Crippen molar-refractivity contribution >= 4 is 56.3 Å². The highest BCUT2D eigenvalue weighted by molar-refractivity contribution is 7.18. The molecule has 0 aliphatic rings. The standard InChI is InChI=1S/C18H17Cl2N3OS/c1-11(18-21-14-8-3-4-9-15(14)25-18)23(2)10-16(24)22-17-12(19)6-5-7-13(17)20/h3-9,11H,10H2,1-2H3,(H,22,24)/p+1/t11-/m0/s1. The van der Waals surface area contributed by atoms with E-state index < -0.39 is 0 Å². The lowest BCUT2D eigenvalue weighted by Gasteiger charge is -2.19. The van der Waals surface area contributed by atoms with Gasteiger partial charge in [-0.25, -0.2) is 4.98 Å². The van der Waals surface area contributed by atoms with Crippen LogP contribution in [0.1, 0.15) is 18.0 Å². The van der Waals surface area contributed by atoms with Crippen LogP contribution in [0.2, 0.25) is 10.0 Å². The van der Waals surface area contributed by atoms with Gasteiger partial charge in [0.2, 0.25) is 0 Å². The lowest BCUT2D eigenvalue weighted by atomic mass is 10.3. The Bertz CT molecular complexity index is 859. The number of benzene rings is 2. The van der Waals surface area contributed by atoms with Gasteiger partial charge in [0.25, 0.3) is 5.91 Å². The summed E-state index contributed by atoms with van der Waals surface area (Å²) in [6.45, 7) is 2.36. The fourth-order valence-corrected chi connectivity index (χ4v) is 4.10. The number of quaternary nitrogens is 1. The van der Waals surface area contributed by atoms with Crippen LogP contribution < -0.4 is 10.2 Å². The van der Waals surface area contributed by atoms with Crippen LogP contribution in [0.4, 0.5) is 5.69 Å². The number of halogens is 2. The van der Waals surface area contributed by atoms with Crippen molar-refractivity contribution in [1.82, 2.24) is 4.98 Å². The van der Waals surface area contributed by atoms with E-state index in [2.05, 4.69) is 23.3 Å². The molecule has 1 aromatic heterocycles. The molecule has 1 amide bonds. The topological polar surface area (TPSA) is 46.4 Å². The number of hydrogen-bond donors (Lipinski definition) is 2.